The van der Waals surface area contributed by atoms with E-state index in [1.54, 1.807) is 0 Å². The van der Waals surface area contributed by atoms with E-state index >= 15 is 0 Å². The topological polar surface area (TPSA) is 26.0 Å². The molecule has 0 amide bonds. The van der Waals surface area contributed by atoms with Gasteiger partial charge >= 0.3 is 0 Å². The molecule has 0 saturated carbocycles. The van der Waals surface area contributed by atoms with Crippen LogP contribution in [-0.2, 0) is 12.8 Å². The van der Waals surface area contributed by atoms with Gasteiger partial charge in [0.2, 0.25) is 0 Å². The predicted octanol–water partition coefficient (Wildman–Crippen LogP) is 5.08. The number of fused-ring (bicyclic) bond motifs is 1. The van der Waals surface area contributed by atoms with Crippen LogP contribution in [0.2, 0.25) is 0 Å². The minimum atomic E-state index is 0.380. The highest BCUT2D eigenvalue weighted by molar-refractivity contribution is 9.09. The molecule has 1 atom stereocenters. The second-order valence-corrected chi connectivity index (χ2v) is 6.64. The summed E-state index contributed by atoms with van der Waals surface area (Å²) in [5, 5.41) is 0. The van der Waals surface area contributed by atoms with Crippen LogP contribution in [0.5, 0.6) is 0 Å². The summed E-state index contributed by atoms with van der Waals surface area (Å²) in [6, 6.07) is 16.5. The Labute approximate surface area is 133 Å². The maximum Gasteiger partial charge on any atom is 0.196 e. The van der Waals surface area contributed by atoms with Crippen LogP contribution in [0.15, 0.2) is 52.9 Å². The third kappa shape index (κ3) is 3.53. The van der Waals surface area contributed by atoms with Crippen molar-refractivity contribution >= 4 is 27.0 Å². The number of aryl methyl sites for hydroxylation is 2. The molecule has 0 N–H and O–H groups in total. The van der Waals surface area contributed by atoms with E-state index in [1.807, 2.05) is 24.3 Å². The van der Waals surface area contributed by atoms with E-state index in [1.165, 1.54) is 11.1 Å². The number of hydrogen-bond donors (Lipinski definition) is 0. The van der Waals surface area contributed by atoms with Gasteiger partial charge in [-0.3, -0.25) is 0 Å². The zero-order valence-corrected chi connectivity index (χ0v) is 13.6. The maximum absolute atomic E-state index is 5.77. The summed E-state index contributed by atoms with van der Waals surface area (Å²) < 4.78 is 5.77. The van der Waals surface area contributed by atoms with Gasteiger partial charge in [0.05, 0.1) is 0 Å². The van der Waals surface area contributed by atoms with Gasteiger partial charge in [-0.15, -0.1) is 0 Å². The standard InChI is InChI=1S/C18H18BrNO/c1-13-6-2-3-7-14(13)10-11-15(19)12-18-20-16-8-4-5-9-17(16)21-18/h2-9,15H,10-12H2,1H3. The predicted molar refractivity (Wildman–Crippen MR) is 89.9 cm³/mol. The summed E-state index contributed by atoms with van der Waals surface area (Å²) in [6.07, 6.45) is 2.97. The molecule has 3 rings (SSSR count). The number of benzene rings is 2. The van der Waals surface area contributed by atoms with E-state index in [9.17, 15) is 0 Å². The van der Waals surface area contributed by atoms with Gasteiger partial charge in [-0.25, -0.2) is 4.98 Å². The molecule has 1 heterocycles. The highest BCUT2D eigenvalue weighted by atomic mass is 79.9. The number of aromatic nitrogens is 1. The first kappa shape index (κ1) is 14.3. The Morgan fingerprint density at radius 3 is 2.67 bits per heavy atom. The Kier molecular flexibility index (Phi) is 4.39. The van der Waals surface area contributed by atoms with Gasteiger partial charge in [0.25, 0.3) is 0 Å². The van der Waals surface area contributed by atoms with Crippen LogP contribution >= 0.6 is 15.9 Å². The molecule has 0 aliphatic carbocycles. The Bertz CT molecular complexity index is 702. The molecule has 0 bridgehead atoms. The lowest BCUT2D eigenvalue weighted by Crippen LogP contribution is -2.05. The van der Waals surface area contributed by atoms with Crippen molar-refractivity contribution in [3.8, 4) is 0 Å². The molecule has 0 aliphatic heterocycles. The summed E-state index contributed by atoms with van der Waals surface area (Å²) >= 11 is 3.75. The zero-order chi connectivity index (χ0) is 14.7. The van der Waals surface area contributed by atoms with Crippen molar-refractivity contribution in [2.75, 3.05) is 0 Å². The first-order valence-corrected chi connectivity index (χ1v) is 8.17. The molecule has 0 saturated heterocycles. The van der Waals surface area contributed by atoms with Crippen LogP contribution in [0.3, 0.4) is 0 Å². The minimum absolute atomic E-state index is 0.380. The first-order valence-electron chi connectivity index (χ1n) is 7.25. The zero-order valence-electron chi connectivity index (χ0n) is 12.1. The minimum Gasteiger partial charge on any atom is -0.441 e. The summed E-state index contributed by atoms with van der Waals surface area (Å²) in [5.74, 6) is 0.808. The average molecular weight is 344 g/mol. The van der Waals surface area contributed by atoms with Crippen LogP contribution in [-0.4, -0.2) is 9.81 Å². The van der Waals surface area contributed by atoms with E-state index in [0.717, 1.165) is 36.3 Å². The smallest absolute Gasteiger partial charge is 0.196 e. The number of halogens is 1. The molecule has 0 fully saturated rings. The lowest BCUT2D eigenvalue weighted by Gasteiger charge is -2.09. The van der Waals surface area contributed by atoms with Crippen LogP contribution < -0.4 is 0 Å². The molecule has 3 aromatic rings. The average Bonchev–Trinajstić information content (AvgIpc) is 2.88. The summed E-state index contributed by atoms with van der Waals surface area (Å²) in [6.45, 7) is 2.17. The van der Waals surface area contributed by atoms with Crippen molar-refractivity contribution in [1.82, 2.24) is 4.98 Å². The van der Waals surface area contributed by atoms with Gasteiger partial charge in [-0.1, -0.05) is 52.3 Å². The normalized spacial score (nSPS) is 12.7. The molecule has 0 radical (unpaired) electrons. The monoisotopic (exact) mass is 343 g/mol. The third-order valence-electron chi connectivity index (χ3n) is 3.72. The lowest BCUT2D eigenvalue weighted by molar-refractivity contribution is 0.520. The molecule has 1 unspecified atom stereocenters. The van der Waals surface area contributed by atoms with E-state index in [4.69, 9.17) is 4.42 Å². The molecule has 21 heavy (non-hydrogen) atoms. The molecule has 2 nitrogen and oxygen atoms in total. The number of alkyl halides is 1. The maximum atomic E-state index is 5.77. The van der Waals surface area contributed by atoms with Crippen molar-refractivity contribution < 1.29 is 4.42 Å². The summed E-state index contributed by atoms with van der Waals surface area (Å²) in [7, 11) is 0. The number of para-hydroxylation sites is 2. The molecule has 108 valence electrons. The number of nitrogens with zero attached hydrogens (tertiary/aromatic N) is 1. The molecular weight excluding hydrogens is 326 g/mol. The molecule has 0 spiro atoms. The van der Waals surface area contributed by atoms with Crippen molar-refractivity contribution in [2.45, 2.75) is 31.0 Å². The van der Waals surface area contributed by atoms with Crippen LogP contribution in [0, 0.1) is 6.92 Å². The Morgan fingerprint density at radius 1 is 1.10 bits per heavy atom. The summed E-state index contributed by atoms with van der Waals surface area (Å²) in [4.78, 5) is 4.91. The molecular formula is C18H18BrNO. The Balaban J connectivity index is 1.61. The van der Waals surface area contributed by atoms with Gasteiger partial charge in [-0.05, 0) is 43.0 Å². The quantitative estimate of drug-likeness (QED) is 0.604. The fourth-order valence-electron chi connectivity index (χ4n) is 2.50. The van der Waals surface area contributed by atoms with Crippen LogP contribution in [0.1, 0.15) is 23.4 Å². The Morgan fingerprint density at radius 2 is 1.86 bits per heavy atom. The van der Waals surface area contributed by atoms with Crippen molar-refractivity contribution in [1.29, 1.82) is 0 Å². The van der Waals surface area contributed by atoms with Crippen LogP contribution in [0.4, 0.5) is 0 Å². The first-order chi connectivity index (χ1) is 10.2. The van der Waals surface area contributed by atoms with E-state index in [2.05, 4.69) is 52.1 Å². The third-order valence-corrected chi connectivity index (χ3v) is 4.50. The fraction of sp³-hybridized carbons (Fsp3) is 0.278. The Hall–Kier alpha value is -1.61. The fourth-order valence-corrected chi connectivity index (χ4v) is 3.01. The number of hydrogen-bond acceptors (Lipinski definition) is 2. The van der Waals surface area contributed by atoms with E-state index in [-0.39, 0.29) is 0 Å². The lowest BCUT2D eigenvalue weighted by atomic mass is 10.0. The van der Waals surface area contributed by atoms with E-state index < -0.39 is 0 Å². The highest BCUT2D eigenvalue weighted by Crippen LogP contribution is 2.21. The van der Waals surface area contributed by atoms with Gasteiger partial charge < -0.3 is 4.42 Å². The van der Waals surface area contributed by atoms with Crippen LogP contribution in [0.25, 0.3) is 11.1 Å². The van der Waals surface area contributed by atoms with Crippen molar-refractivity contribution in [2.24, 2.45) is 0 Å². The SMILES string of the molecule is Cc1ccccc1CCC(Br)Cc1nc2ccccc2o1. The van der Waals surface area contributed by atoms with Gasteiger partial charge in [0.1, 0.15) is 5.52 Å². The van der Waals surface area contributed by atoms with Gasteiger partial charge in [-0.2, -0.15) is 0 Å². The summed E-state index contributed by atoms with van der Waals surface area (Å²) in [5.41, 5.74) is 4.58. The largest absolute Gasteiger partial charge is 0.441 e. The van der Waals surface area contributed by atoms with E-state index in [0.29, 0.717) is 4.83 Å². The molecule has 0 aliphatic rings. The van der Waals surface area contributed by atoms with Gasteiger partial charge in [0, 0.05) is 11.2 Å². The van der Waals surface area contributed by atoms with Gasteiger partial charge in [0.15, 0.2) is 11.5 Å². The molecule has 3 heteroatoms. The second-order valence-electron chi connectivity index (χ2n) is 5.34. The molecule has 2 aromatic carbocycles. The van der Waals surface area contributed by atoms with Crippen molar-refractivity contribution in [3.05, 3.63) is 65.5 Å². The number of oxazole rings is 1. The highest BCUT2D eigenvalue weighted by Gasteiger charge is 2.12. The number of rotatable bonds is 5. The molecule has 1 aromatic heterocycles. The second kappa shape index (κ2) is 6.44. The van der Waals surface area contributed by atoms with Crippen molar-refractivity contribution in [3.63, 3.8) is 0 Å².